The molecule has 8 heteroatoms. The minimum atomic E-state index is -3.45. The molecule has 1 aromatic carbocycles. The highest BCUT2D eigenvalue weighted by atomic mass is 32.2. The van der Waals surface area contributed by atoms with E-state index in [0.29, 0.717) is 18.4 Å². The predicted octanol–water partition coefficient (Wildman–Crippen LogP) is 1.62. The molecule has 1 amide bonds. The van der Waals surface area contributed by atoms with Gasteiger partial charge in [0.25, 0.3) is 5.91 Å². The van der Waals surface area contributed by atoms with Gasteiger partial charge in [0.2, 0.25) is 0 Å². The molecule has 1 fully saturated rings. The highest BCUT2D eigenvalue weighted by molar-refractivity contribution is 7.91. The summed E-state index contributed by atoms with van der Waals surface area (Å²) in [5.74, 6) is -1.46. The van der Waals surface area contributed by atoms with Crippen LogP contribution in [0.15, 0.2) is 29.2 Å². The Morgan fingerprint density at radius 1 is 1.20 bits per heavy atom. The van der Waals surface area contributed by atoms with Gasteiger partial charge in [0.15, 0.2) is 9.84 Å². The molecule has 0 spiro atoms. The first-order valence-corrected chi connectivity index (χ1v) is 9.79. The number of hydrogen-bond donors (Lipinski definition) is 2. The van der Waals surface area contributed by atoms with Crippen LogP contribution in [0, 0.1) is 0 Å². The molecular weight excluding hydrogens is 346 g/mol. The van der Waals surface area contributed by atoms with Crippen LogP contribution in [0.25, 0.3) is 0 Å². The Balaban J connectivity index is 2.11. The molecule has 25 heavy (non-hydrogen) atoms. The number of carbonyl (C=O) groups excluding carboxylic acids is 1. The minimum Gasteiger partial charge on any atom is -0.481 e. The number of sulfone groups is 1. The van der Waals surface area contributed by atoms with Gasteiger partial charge in [-0.3, -0.25) is 9.59 Å². The molecule has 1 saturated carbocycles. The van der Waals surface area contributed by atoms with Crippen molar-refractivity contribution in [2.24, 2.45) is 0 Å². The van der Waals surface area contributed by atoms with Gasteiger partial charge in [-0.05, 0) is 37.1 Å². The fourth-order valence-electron chi connectivity index (χ4n) is 3.12. The molecule has 138 valence electrons. The van der Waals surface area contributed by atoms with Crippen LogP contribution in [-0.2, 0) is 19.4 Å². The van der Waals surface area contributed by atoms with Crippen LogP contribution in [0.5, 0.6) is 0 Å². The monoisotopic (exact) mass is 369 g/mol. The van der Waals surface area contributed by atoms with E-state index in [2.05, 4.69) is 5.32 Å². The zero-order valence-electron chi connectivity index (χ0n) is 14.2. The molecule has 0 atom stereocenters. The number of methoxy groups -OCH3 is 1. The van der Waals surface area contributed by atoms with E-state index in [1.54, 1.807) is 0 Å². The molecule has 2 rings (SSSR count). The molecule has 0 radical (unpaired) electrons. The first kappa shape index (κ1) is 19.4. The number of benzene rings is 1. The lowest BCUT2D eigenvalue weighted by atomic mass is 9.92. The molecule has 1 aliphatic rings. The van der Waals surface area contributed by atoms with Gasteiger partial charge in [0.05, 0.1) is 29.2 Å². The summed E-state index contributed by atoms with van der Waals surface area (Å²) in [5.41, 5.74) is -0.408. The van der Waals surface area contributed by atoms with E-state index < -0.39 is 21.3 Å². The van der Waals surface area contributed by atoms with E-state index in [-0.39, 0.29) is 29.6 Å². The Morgan fingerprint density at radius 3 is 2.32 bits per heavy atom. The molecule has 0 heterocycles. The van der Waals surface area contributed by atoms with Crippen molar-refractivity contribution < 1.29 is 27.9 Å². The van der Waals surface area contributed by atoms with E-state index in [0.717, 1.165) is 12.8 Å². The van der Waals surface area contributed by atoms with Gasteiger partial charge in [0, 0.05) is 12.7 Å². The number of carboxylic acids is 1. The number of carboxylic acid groups (broad SMARTS) is 1. The number of nitrogens with one attached hydrogen (secondary N) is 1. The normalized spacial score (nSPS) is 16.5. The molecule has 0 bridgehead atoms. The van der Waals surface area contributed by atoms with Crippen molar-refractivity contribution in [1.82, 2.24) is 5.32 Å². The summed E-state index contributed by atoms with van der Waals surface area (Å²) in [4.78, 5) is 23.7. The van der Waals surface area contributed by atoms with Crippen molar-refractivity contribution in [2.45, 2.75) is 42.5 Å². The van der Waals surface area contributed by atoms with Crippen molar-refractivity contribution in [1.29, 1.82) is 0 Å². The van der Waals surface area contributed by atoms with Gasteiger partial charge in [0.1, 0.15) is 0 Å². The third kappa shape index (κ3) is 5.02. The maximum absolute atomic E-state index is 12.4. The fraction of sp³-hybridized carbons (Fsp3) is 0.529. The Kier molecular flexibility index (Phi) is 6.18. The zero-order valence-corrected chi connectivity index (χ0v) is 15.0. The third-order valence-corrected chi connectivity index (χ3v) is 6.16. The zero-order chi connectivity index (χ0) is 18.5. The van der Waals surface area contributed by atoms with E-state index in [1.807, 2.05) is 0 Å². The van der Waals surface area contributed by atoms with Gasteiger partial charge in [-0.2, -0.15) is 0 Å². The number of rotatable bonds is 8. The van der Waals surface area contributed by atoms with Crippen LogP contribution in [0.3, 0.4) is 0 Å². The molecular formula is C17H23NO6S. The largest absolute Gasteiger partial charge is 0.481 e. The molecule has 1 aromatic rings. The molecule has 1 aliphatic carbocycles. The number of aliphatic carboxylic acids is 1. The lowest BCUT2D eigenvalue weighted by Crippen LogP contribution is -2.47. The van der Waals surface area contributed by atoms with Crippen LogP contribution in [0.4, 0.5) is 0 Å². The van der Waals surface area contributed by atoms with E-state index in [4.69, 9.17) is 9.84 Å². The Morgan fingerprint density at radius 2 is 1.80 bits per heavy atom. The van der Waals surface area contributed by atoms with Gasteiger partial charge >= 0.3 is 5.97 Å². The summed E-state index contributed by atoms with van der Waals surface area (Å²) in [7, 11) is -2.02. The number of ether oxygens (including phenoxy) is 1. The Hall–Kier alpha value is -1.93. The molecule has 7 nitrogen and oxygen atoms in total. The Bertz CT molecular complexity index is 720. The van der Waals surface area contributed by atoms with Gasteiger partial charge in [-0.1, -0.05) is 12.8 Å². The van der Waals surface area contributed by atoms with Crippen LogP contribution >= 0.6 is 0 Å². The van der Waals surface area contributed by atoms with Crippen LogP contribution in [-0.4, -0.2) is 50.4 Å². The van der Waals surface area contributed by atoms with Gasteiger partial charge < -0.3 is 15.2 Å². The maximum atomic E-state index is 12.4. The van der Waals surface area contributed by atoms with Gasteiger partial charge in [-0.25, -0.2) is 8.42 Å². The predicted molar refractivity (Wildman–Crippen MR) is 91.3 cm³/mol. The topological polar surface area (TPSA) is 110 Å². The average molecular weight is 369 g/mol. The highest BCUT2D eigenvalue weighted by Crippen LogP contribution is 2.33. The standard InChI is InChI=1S/C17H23NO6S/c1-24-10-11-25(22,23)14-6-4-13(5-7-14)16(21)18-17(12-15(19)20)8-2-3-9-17/h4-7H,2-3,8-12H2,1H3,(H,18,21)(H,19,20). The number of hydrogen-bond acceptors (Lipinski definition) is 5. The maximum Gasteiger partial charge on any atom is 0.305 e. The number of amides is 1. The summed E-state index contributed by atoms with van der Waals surface area (Å²) < 4.78 is 28.9. The first-order valence-electron chi connectivity index (χ1n) is 8.14. The SMILES string of the molecule is COCCS(=O)(=O)c1ccc(C(=O)NC2(CC(=O)O)CCCC2)cc1. The minimum absolute atomic E-state index is 0.0995. The van der Waals surface area contributed by atoms with E-state index in [1.165, 1.54) is 31.4 Å². The van der Waals surface area contributed by atoms with E-state index >= 15 is 0 Å². The second-order valence-electron chi connectivity index (χ2n) is 6.35. The third-order valence-electron chi connectivity index (χ3n) is 4.46. The lowest BCUT2D eigenvalue weighted by molar-refractivity contribution is -0.138. The Labute approximate surface area is 147 Å². The van der Waals surface area contributed by atoms with Gasteiger partial charge in [-0.15, -0.1) is 0 Å². The van der Waals surface area contributed by atoms with Crippen molar-refractivity contribution in [3.8, 4) is 0 Å². The summed E-state index contributed by atoms with van der Waals surface area (Å²) in [6, 6.07) is 5.66. The number of carbonyl (C=O) groups is 2. The summed E-state index contributed by atoms with van der Waals surface area (Å²) in [6.07, 6.45) is 2.92. The average Bonchev–Trinajstić information content (AvgIpc) is 3.00. The summed E-state index contributed by atoms with van der Waals surface area (Å²) in [6.45, 7) is 0.0995. The molecule has 0 aliphatic heterocycles. The second kappa shape index (κ2) is 7.97. The molecule has 0 unspecified atom stereocenters. The summed E-state index contributed by atoms with van der Waals surface area (Å²) in [5, 5.41) is 11.9. The molecule has 2 N–H and O–H groups in total. The fourth-order valence-corrected chi connectivity index (χ4v) is 4.30. The van der Waals surface area contributed by atoms with Crippen LogP contribution < -0.4 is 5.32 Å². The van der Waals surface area contributed by atoms with Crippen LogP contribution in [0.1, 0.15) is 42.5 Å². The first-order chi connectivity index (χ1) is 11.8. The quantitative estimate of drug-likeness (QED) is 0.721. The van der Waals surface area contributed by atoms with Crippen LogP contribution in [0.2, 0.25) is 0 Å². The molecule has 0 aromatic heterocycles. The van der Waals surface area contributed by atoms with Crippen molar-refractivity contribution in [2.75, 3.05) is 19.5 Å². The lowest BCUT2D eigenvalue weighted by Gasteiger charge is -2.28. The van der Waals surface area contributed by atoms with E-state index in [9.17, 15) is 18.0 Å². The van der Waals surface area contributed by atoms with Crippen molar-refractivity contribution in [3.05, 3.63) is 29.8 Å². The smallest absolute Gasteiger partial charge is 0.305 e. The summed E-state index contributed by atoms with van der Waals surface area (Å²) >= 11 is 0. The van der Waals surface area contributed by atoms with Crippen molar-refractivity contribution in [3.63, 3.8) is 0 Å². The highest BCUT2D eigenvalue weighted by Gasteiger charge is 2.37. The molecule has 0 saturated heterocycles. The second-order valence-corrected chi connectivity index (χ2v) is 8.46. The van der Waals surface area contributed by atoms with Crippen molar-refractivity contribution >= 4 is 21.7 Å².